The van der Waals surface area contributed by atoms with Crippen LogP contribution in [0.2, 0.25) is 10.0 Å². The molecule has 0 aliphatic rings. The maximum absolute atomic E-state index is 11.9. The highest BCUT2D eigenvalue weighted by Crippen LogP contribution is 2.28. The van der Waals surface area contributed by atoms with Crippen molar-refractivity contribution in [2.45, 2.75) is 0 Å². The molecule has 0 fully saturated rings. The Hall–Kier alpha value is -2.11. The number of urea groups is 1. The van der Waals surface area contributed by atoms with Gasteiger partial charge in [-0.25, -0.2) is 4.79 Å². The van der Waals surface area contributed by atoms with Crippen LogP contribution in [0.1, 0.15) is 0 Å². The molecule has 2 rings (SSSR count). The number of amides is 2. The number of carbonyl (C=O) groups excluding carboxylic acids is 1. The topological polar surface area (TPSA) is 70.6 Å². The summed E-state index contributed by atoms with van der Waals surface area (Å²) < 4.78 is 5.02. The largest absolute Gasteiger partial charge is 0.506 e. The van der Waals surface area contributed by atoms with Gasteiger partial charge in [-0.3, -0.25) is 0 Å². The Morgan fingerprint density at radius 1 is 1.10 bits per heavy atom. The van der Waals surface area contributed by atoms with Crippen LogP contribution in [0.25, 0.3) is 0 Å². The number of aromatic hydroxyl groups is 1. The average molecular weight is 327 g/mol. The van der Waals surface area contributed by atoms with Crippen molar-refractivity contribution in [3.05, 3.63) is 46.4 Å². The van der Waals surface area contributed by atoms with Crippen molar-refractivity contribution in [2.24, 2.45) is 0 Å². The summed E-state index contributed by atoms with van der Waals surface area (Å²) in [4.78, 5) is 11.9. The molecule has 21 heavy (non-hydrogen) atoms. The van der Waals surface area contributed by atoms with Crippen LogP contribution in [0.4, 0.5) is 16.2 Å². The first-order chi connectivity index (χ1) is 9.99. The average Bonchev–Trinajstić information content (AvgIpc) is 2.45. The lowest BCUT2D eigenvalue weighted by molar-refractivity contribution is 0.262. The van der Waals surface area contributed by atoms with Crippen molar-refractivity contribution >= 4 is 40.6 Å². The standard InChI is InChI=1S/C14H12Cl2N2O3/c1-21-9-3-5-13(19)12(7-9)18-14(20)17-8-2-4-10(15)11(16)6-8/h2-7,19H,1H3,(H2,17,18,20). The van der Waals surface area contributed by atoms with Crippen LogP contribution in [0.5, 0.6) is 11.5 Å². The van der Waals surface area contributed by atoms with Gasteiger partial charge in [0, 0.05) is 11.8 Å². The summed E-state index contributed by atoms with van der Waals surface area (Å²) in [6.07, 6.45) is 0. The number of phenolic OH excluding ortho intramolecular Hbond substituents is 1. The van der Waals surface area contributed by atoms with Gasteiger partial charge < -0.3 is 20.5 Å². The molecule has 110 valence electrons. The molecule has 0 unspecified atom stereocenters. The number of phenols is 1. The van der Waals surface area contributed by atoms with Gasteiger partial charge >= 0.3 is 6.03 Å². The molecule has 0 aromatic heterocycles. The van der Waals surface area contributed by atoms with Crippen molar-refractivity contribution in [1.82, 2.24) is 0 Å². The molecule has 0 radical (unpaired) electrons. The minimum absolute atomic E-state index is 0.0694. The van der Waals surface area contributed by atoms with E-state index in [4.69, 9.17) is 27.9 Å². The highest BCUT2D eigenvalue weighted by Gasteiger charge is 2.09. The van der Waals surface area contributed by atoms with Gasteiger partial charge in [0.25, 0.3) is 0 Å². The van der Waals surface area contributed by atoms with E-state index in [0.717, 1.165) is 0 Å². The van der Waals surface area contributed by atoms with E-state index in [2.05, 4.69) is 10.6 Å². The summed E-state index contributed by atoms with van der Waals surface area (Å²) in [5.41, 5.74) is 0.705. The number of hydrogen-bond acceptors (Lipinski definition) is 3. The number of rotatable bonds is 3. The molecule has 0 saturated carbocycles. The lowest BCUT2D eigenvalue weighted by Crippen LogP contribution is -2.19. The summed E-state index contributed by atoms with van der Waals surface area (Å²) in [6, 6.07) is 8.68. The number of methoxy groups -OCH3 is 1. The van der Waals surface area contributed by atoms with Gasteiger partial charge in [0.15, 0.2) is 0 Å². The minimum Gasteiger partial charge on any atom is -0.506 e. The summed E-state index contributed by atoms with van der Waals surface area (Å²) in [5.74, 6) is 0.442. The lowest BCUT2D eigenvalue weighted by Gasteiger charge is -2.10. The van der Waals surface area contributed by atoms with E-state index in [1.807, 2.05) is 0 Å². The fourth-order valence-electron chi connectivity index (χ4n) is 1.60. The quantitative estimate of drug-likeness (QED) is 0.734. The molecule has 2 aromatic rings. The zero-order valence-electron chi connectivity index (χ0n) is 11.0. The van der Waals surface area contributed by atoms with Gasteiger partial charge in [-0.2, -0.15) is 0 Å². The Balaban J connectivity index is 2.09. The molecule has 0 atom stereocenters. The van der Waals surface area contributed by atoms with Crippen molar-refractivity contribution < 1.29 is 14.6 Å². The van der Waals surface area contributed by atoms with E-state index in [0.29, 0.717) is 21.5 Å². The van der Waals surface area contributed by atoms with E-state index in [-0.39, 0.29) is 11.4 Å². The molecule has 2 amide bonds. The van der Waals surface area contributed by atoms with E-state index in [9.17, 15) is 9.90 Å². The Morgan fingerprint density at radius 2 is 1.86 bits per heavy atom. The third-order valence-corrected chi connectivity index (χ3v) is 3.37. The van der Waals surface area contributed by atoms with Crippen molar-refractivity contribution in [2.75, 3.05) is 17.7 Å². The summed E-state index contributed by atoms with van der Waals surface area (Å²) in [5, 5.41) is 15.5. The van der Waals surface area contributed by atoms with Crippen molar-refractivity contribution in [3.63, 3.8) is 0 Å². The maximum Gasteiger partial charge on any atom is 0.323 e. The third-order valence-electron chi connectivity index (χ3n) is 2.63. The van der Waals surface area contributed by atoms with Gasteiger partial charge in [-0.15, -0.1) is 0 Å². The first-order valence-electron chi connectivity index (χ1n) is 5.89. The number of carbonyl (C=O) groups is 1. The zero-order valence-corrected chi connectivity index (χ0v) is 12.5. The second-order valence-corrected chi connectivity index (χ2v) is 4.91. The minimum atomic E-state index is -0.531. The van der Waals surface area contributed by atoms with Crippen LogP contribution in [-0.2, 0) is 0 Å². The van der Waals surface area contributed by atoms with Gasteiger partial charge in [-0.05, 0) is 30.3 Å². The van der Waals surface area contributed by atoms with Crippen LogP contribution in [0, 0.1) is 0 Å². The molecule has 0 heterocycles. The van der Waals surface area contributed by atoms with E-state index < -0.39 is 6.03 Å². The molecular weight excluding hydrogens is 315 g/mol. The number of halogens is 2. The molecule has 3 N–H and O–H groups in total. The normalized spacial score (nSPS) is 10.0. The lowest BCUT2D eigenvalue weighted by atomic mass is 10.2. The van der Waals surface area contributed by atoms with E-state index in [1.165, 1.54) is 25.3 Å². The molecule has 0 aliphatic heterocycles. The Labute approximate surface area is 131 Å². The molecule has 2 aromatic carbocycles. The summed E-state index contributed by atoms with van der Waals surface area (Å²) in [7, 11) is 1.49. The molecule has 0 bridgehead atoms. The second-order valence-electron chi connectivity index (χ2n) is 4.09. The molecule has 7 heteroatoms. The predicted octanol–water partition coefficient (Wildman–Crippen LogP) is 4.35. The Kier molecular flexibility index (Phi) is 4.77. The molecule has 0 saturated heterocycles. The smallest absolute Gasteiger partial charge is 0.323 e. The number of ether oxygens (including phenoxy) is 1. The predicted molar refractivity (Wildman–Crippen MR) is 83.8 cm³/mol. The fourth-order valence-corrected chi connectivity index (χ4v) is 1.90. The van der Waals surface area contributed by atoms with Crippen LogP contribution in [-0.4, -0.2) is 18.2 Å². The van der Waals surface area contributed by atoms with Gasteiger partial charge in [0.05, 0.1) is 22.8 Å². The fraction of sp³-hybridized carbons (Fsp3) is 0.0714. The molecule has 0 spiro atoms. The van der Waals surface area contributed by atoms with Gasteiger partial charge in [-0.1, -0.05) is 23.2 Å². The second kappa shape index (κ2) is 6.56. The van der Waals surface area contributed by atoms with Crippen molar-refractivity contribution in [3.8, 4) is 11.5 Å². The maximum atomic E-state index is 11.9. The van der Waals surface area contributed by atoms with Gasteiger partial charge in [0.1, 0.15) is 11.5 Å². The first kappa shape index (κ1) is 15.3. The summed E-state index contributed by atoms with van der Waals surface area (Å²) in [6.45, 7) is 0. The summed E-state index contributed by atoms with van der Waals surface area (Å²) >= 11 is 11.7. The third kappa shape index (κ3) is 3.93. The molecular formula is C14H12Cl2N2O3. The SMILES string of the molecule is COc1ccc(O)c(NC(=O)Nc2ccc(Cl)c(Cl)c2)c1. The van der Waals surface area contributed by atoms with Gasteiger partial charge in [0.2, 0.25) is 0 Å². The highest BCUT2D eigenvalue weighted by molar-refractivity contribution is 6.42. The van der Waals surface area contributed by atoms with Crippen LogP contribution in [0.3, 0.4) is 0 Å². The molecule has 0 aliphatic carbocycles. The number of nitrogens with one attached hydrogen (secondary N) is 2. The van der Waals surface area contributed by atoms with Crippen molar-refractivity contribution in [1.29, 1.82) is 0 Å². The zero-order chi connectivity index (χ0) is 15.4. The van der Waals surface area contributed by atoms with Crippen LogP contribution < -0.4 is 15.4 Å². The van der Waals surface area contributed by atoms with Crippen LogP contribution in [0.15, 0.2) is 36.4 Å². The van der Waals surface area contributed by atoms with E-state index in [1.54, 1.807) is 18.2 Å². The Morgan fingerprint density at radius 3 is 2.52 bits per heavy atom. The number of hydrogen-bond donors (Lipinski definition) is 3. The molecule has 5 nitrogen and oxygen atoms in total. The number of benzene rings is 2. The van der Waals surface area contributed by atoms with E-state index >= 15 is 0 Å². The first-order valence-corrected chi connectivity index (χ1v) is 6.65. The highest BCUT2D eigenvalue weighted by atomic mass is 35.5. The monoisotopic (exact) mass is 326 g/mol. The van der Waals surface area contributed by atoms with Crippen LogP contribution >= 0.6 is 23.2 Å². The number of anilines is 2. The Bertz CT molecular complexity index is 677.